The van der Waals surface area contributed by atoms with E-state index in [1.54, 1.807) is 0 Å². The number of para-hydroxylation sites is 1. The molecule has 0 aliphatic rings. The molecule has 0 N–H and O–H groups in total. The Hall–Kier alpha value is -1.59. The number of hydrogen-bond acceptors (Lipinski definition) is 1. The average Bonchev–Trinajstić information content (AvgIpc) is 2.16. The zero-order valence-corrected chi connectivity index (χ0v) is 7.42. The Kier molecular flexibility index (Phi) is 2.14. The van der Waals surface area contributed by atoms with Gasteiger partial charge in [-0.25, -0.2) is 4.39 Å². The molecule has 1 aromatic heterocycles. The number of rotatable bonds is 1. The first-order valence-electron chi connectivity index (χ1n) is 4.22. The monoisotopic (exact) mass is 214 g/mol. The Balaban J connectivity index is 2.68. The van der Waals surface area contributed by atoms with Crippen LogP contribution in [-0.2, 0) is 0 Å². The van der Waals surface area contributed by atoms with E-state index in [-0.39, 0.29) is 10.9 Å². The highest BCUT2D eigenvalue weighted by Gasteiger charge is 2.26. The van der Waals surface area contributed by atoms with Gasteiger partial charge < -0.3 is 12.9 Å². The molecule has 0 saturated carbocycles. The van der Waals surface area contributed by atoms with Crippen molar-refractivity contribution < 1.29 is 17.3 Å². The zero-order valence-electron chi connectivity index (χ0n) is 7.42. The molecule has 2 aromatic rings. The Morgan fingerprint density at radius 1 is 1.13 bits per heavy atom. The minimum atomic E-state index is -5.08. The van der Waals surface area contributed by atoms with Gasteiger partial charge in [-0.05, 0) is 6.07 Å². The number of nitrogens with zero attached hydrogens (tertiary/aromatic N) is 1. The molecule has 78 valence electrons. The number of aromatic nitrogens is 1. The number of halogens is 4. The fourth-order valence-corrected chi connectivity index (χ4v) is 1.32. The first kappa shape index (κ1) is 9.95. The second-order valence-corrected chi connectivity index (χ2v) is 3.15. The predicted octanol–water partition coefficient (Wildman–Crippen LogP) is 2.43. The quantitative estimate of drug-likeness (QED) is 0.524. The first-order chi connectivity index (χ1) is 6.98. The van der Waals surface area contributed by atoms with Crippen LogP contribution in [0.15, 0.2) is 30.5 Å². The van der Waals surface area contributed by atoms with Crippen LogP contribution in [0.2, 0.25) is 0 Å². The van der Waals surface area contributed by atoms with Gasteiger partial charge in [0.25, 0.3) is 0 Å². The van der Waals surface area contributed by atoms with Crippen molar-refractivity contribution in [1.29, 1.82) is 0 Å². The van der Waals surface area contributed by atoms with Gasteiger partial charge in [-0.2, -0.15) is 0 Å². The maximum Gasteiger partial charge on any atom is 0.511 e. The molecule has 0 bridgehead atoms. The second kappa shape index (κ2) is 3.22. The molecule has 0 saturated heterocycles. The van der Waals surface area contributed by atoms with Crippen LogP contribution in [0.1, 0.15) is 0 Å². The predicted molar refractivity (Wildman–Crippen MR) is 50.4 cm³/mol. The van der Waals surface area contributed by atoms with Crippen LogP contribution >= 0.6 is 0 Å². The summed E-state index contributed by atoms with van der Waals surface area (Å²) in [4.78, 5) is 3.47. The van der Waals surface area contributed by atoms with Gasteiger partial charge >= 0.3 is 6.98 Å². The molecule has 6 heteroatoms. The standard InChI is InChI=1S/C9H5BF4N/c11-8-3-1-2-6-4-7(10(12,13)14)5-15-9(6)8/h1-5H/q-1. The first-order valence-corrected chi connectivity index (χ1v) is 4.22. The number of benzene rings is 1. The molecule has 0 spiro atoms. The largest absolute Gasteiger partial charge is 0.511 e. The van der Waals surface area contributed by atoms with Crippen molar-refractivity contribution in [1.82, 2.24) is 4.98 Å². The summed E-state index contributed by atoms with van der Waals surface area (Å²) >= 11 is 0. The molecule has 15 heavy (non-hydrogen) atoms. The summed E-state index contributed by atoms with van der Waals surface area (Å²) in [6.45, 7) is -5.08. The summed E-state index contributed by atoms with van der Waals surface area (Å²) < 4.78 is 50.1. The molecular formula is C9H5BF4N-. The third kappa shape index (κ3) is 1.79. The van der Waals surface area contributed by atoms with E-state index in [1.807, 2.05) is 0 Å². The summed E-state index contributed by atoms with van der Waals surface area (Å²) in [6, 6.07) is 4.82. The Bertz CT molecular complexity index is 509. The lowest BCUT2D eigenvalue weighted by atomic mass is 9.81. The van der Waals surface area contributed by atoms with Crippen LogP contribution in [0.3, 0.4) is 0 Å². The summed E-state index contributed by atoms with van der Waals surface area (Å²) in [7, 11) is 0. The fourth-order valence-electron chi connectivity index (χ4n) is 1.32. The fraction of sp³-hybridized carbons (Fsp3) is 0. The Labute approximate surface area is 82.8 Å². The number of pyridine rings is 1. The third-order valence-electron chi connectivity index (χ3n) is 2.06. The van der Waals surface area contributed by atoms with Crippen molar-refractivity contribution in [3.05, 3.63) is 36.3 Å². The van der Waals surface area contributed by atoms with Crippen LogP contribution < -0.4 is 5.46 Å². The maximum absolute atomic E-state index is 13.1. The molecule has 0 aliphatic carbocycles. The lowest BCUT2D eigenvalue weighted by Crippen LogP contribution is -2.34. The minimum Gasteiger partial charge on any atom is -0.445 e. The molecule has 1 aromatic carbocycles. The van der Waals surface area contributed by atoms with E-state index in [0.717, 1.165) is 12.1 Å². The maximum atomic E-state index is 13.1. The van der Waals surface area contributed by atoms with Crippen molar-refractivity contribution in [2.24, 2.45) is 0 Å². The van der Waals surface area contributed by atoms with Crippen molar-refractivity contribution in [2.75, 3.05) is 0 Å². The summed E-state index contributed by atoms with van der Waals surface area (Å²) in [5.41, 5.74) is -0.852. The molecule has 2 rings (SSSR count). The molecule has 0 fully saturated rings. The highest BCUT2D eigenvalue weighted by Crippen LogP contribution is 2.16. The SMILES string of the molecule is Fc1cccc2cc([B-](F)(F)F)cnc12. The van der Waals surface area contributed by atoms with E-state index in [9.17, 15) is 17.3 Å². The molecule has 1 heterocycles. The molecule has 0 atom stereocenters. The van der Waals surface area contributed by atoms with E-state index in [0.29, 0.717) is 6.20 Å². The molecule has 1 nitrogen and oxygen atoms in total. The van der Waals surface area contributed by atoms with Gasteiger partial charge in [-0.3, -0.25) is 4.98 Å². The van der Waals surface area contributed by atoms with Crippen molar-refractivity contribution in [2.45, 2.75) is 0 Å². The molecule has 0 unspecified atom stereocenters. The van der Waals surface area contributed by atoms with Crippen LogP contribution in [0, 0.1) is 5.82 Å². The van der Waals surface area contributed by atoms with Gasteiger partial charge in [0, 0.05) is 11.6 Å². The summed E-state index contributed by atoms with van der Waals surface area (Å²) in [6.07, 6.45) is 0.658. The lowest BCUT2D eigenvalue weighted by Gasteiger charge is -2.14. The molecule has 0 aliphatic heterocycles. The minimum absolute atomic E-state index is 0.0405. The van der Waals surface area contributed by atoms with E-state index >= 15 is 0 Å². The lowest BCUT2D eigenvalue weighted by molar-refractivity contribution is 0.501. The summed E-state index contributed by atoms with van der Waals surface area (Å²) in [5.74, 6) is -0.617. The van der Waals surface area contributed by atoms with Crippen molar-refractivity contribution in [3.63, 3.8) is 0 Å². The zero-order chi connectivity index (χ0) is 11.1. The Morgan fingerprint density at radius 2 is 1.87 bits per heavy atom. The second-order valence-electron chi connectivity index (χ2n) is 3.15. The summed E-state index contributed by atoms with van der Waals surface area (Å²) in [5, 5.41) is 0.159. The van der Waals surface area contributed by atoms with Gasteiger partial charge in [0.2, 0.25) is 0 Å². The number of fused-ring (bicyclic) bond motifs is 1. The van der Waals surface area contributed by atoms with Gasteiger partial charge in [0.05, 0.1) is 0 Å². The third-order valence-corrected chi connectivity index (χ3v) is 2.06. The van der Waals surface area contributed by atoms with Crippen molar-refractivity contribution in [3.8, 4) is 0 Å². The Morgan fingerprint density at radius 3 is 2.53 bits per heavy atom. The average molecular weight is 214 g/mol. The van der Waals surface area contributed by atoms with Crippen molar-refractivity contribution >= 4 is 23.3 Å². The van der Waals surface area contributed by atoms with Crippen LogP contribution in [0.4, 0.5) is 17.3 Å². The van der Waals surface area contributed by atoms with E-state index in [2.05, 4.69) is 4.98 Å². The topological polar surface area (TPSA) is 12.9 Å². The molecule has 0 radical (unpaired) electrons. The van der Waals surface area contributed by atoms with E-state index in [1.165, 1.54) is 12.1 Å². The number of hydrogen-bond donors (Lipinski definition) is 0. The van der Waals surface area contributed by atoms with Gasteiger partial charge in [-0.15, -0.1) is 0 Å². The van der Waals surface area contributed by atoms with E-state index in [4.69, 9.17) is 0 Å². The molecule has 0 amide bonds. The van der Waals surface area contributed by atoms with Crippen LogP contribution in [0.25, 0.3) is 10.9 Å². The van der Waals surface area contributed by atoms with Gasteiger partial charge in [0.15, 0.2) is 0 Å². The van der Waals surface area contributed by atoms with Gasteiger partial charge in [0.1, 0.15) is 11.3 Å². The molecular weight excluding hydrogens is 209 g/mol. The smallest absolute Gasteiger partial charge is 0.445 e. The van der Waals surface area contributed by atoms with Crippen LogP contribution in [0.5, 0.6) is 0 Å². The van der Waals surface area contributed by atoms with E-state index < -0.39 is 18.3 Å². The highest BCUT2D eigenvalue weighted by atomic mass is 19.4. The van der Waals surface area contributed by atoms with Gasteiger partial charge in [-0.1, -0.05) is 23.7 Å². The highest BCUT2D eigenvalue weighted by molar-refractivity contribution is 6.73. The van der Waals surface area contributed by atoms with Crippen LogP contribution in [-0.4, -0.2) is 12.0 Å². The normalized spacial score (nSPS) is 12.0.